The van der Waals surface area contributed by atoms with Crippen LogP contribution in [0.4, 0.5) is 5.69 Å². The highest BCUT2D eigenvalue weighted by atomic mass is 16.6. The Labute approximate surface area is 171 Å². The van der Waals surface area contributed by atoms with Crippen molar-refractivity contribution in [3.8, 4) is 0 Å². The zero-order valence-corrected chi connectivity index (χ0v) is 16.9. The first kappa shape index (κ1) is 23.0. The minimum absolute atomic E-state index is 0.00407. The second-order valence-corrected chi connectivity index (χ2v) is 8.40. The lowest BCUT2D eigenvalue weighted by atomic mass is 9.86. The van der Waals surface area contributed by atoms with Crippen molar-refractivity contribution in [3.05, 3.63) is 39.9 Å². The van der Waals surface area contributed by atoms with Crippen molar-refractivity contribution in [2.75, 3.05) is 0 Å². The van der Waals surface area contributed by atoms with E-state index in [1.807, 2.05) is 0 Å². The van der Waals surface area contributed by atoms with Crippen molar-refractivity contribution in [2.24, 2.45) is 23.5 Å². The Kier molecular flexibility index (Phi) is 9.25. The van der Waals surface area contributed by atoms with Crippen LogP contribution in [0.3, 0.4) is 0 Å². The monoisotopic (exact) mass is 404 g/mol. The van der Waals surface area contributed by atoms with Gasteiger partial charge in [0, 0.05) is 30.2 Å². The van der Waals surface area contributed by atoms with Gasteiger partial charge in [0.15, 0.2) is 0 Å². The first-order valence-corrected chi connectivity index (χ1v) is 10.6. The van der Waals surface area contributed by atoms with Gasteiger partial charge >= 0.3 is 5.97 Å². The molecule has 7 heteroatoms. The molecule has 0 amide bonds. The summed E-state index contributed by atoms with van der Waals surface area (Å²) in [5.74, 6) is 1.55. The molecule has 160 valence electrons. The van der Waals surface area contributed by atoms with E-state index in [1.165, 1.54) is 82.1 Å². The van der Waals surface area contributed by atoms with E-state index < -0.39 is 10.9 Å². The van der Waals surface area contributed by atoms with Crippen LogP contribution in [0.25, 0.3) is 0 Å². The number of benzene rings is 1. The van der Waals surface area contributed by atoms with Crippen molar-refractivity contribution >= 4 is 17.9 Å². The fraction of sp³-hybridized carbons (Fsp3) is 0.636. The quantitative estimate of drug-likeness (QED) is 0.430. The molecule has 3 aliphatic rings. The summed E-state index contributed by atoms with van der Waals surface area (Å²) >= 11 is 0. The Balaban J connectivity index is 0.000000160. The standard InChI is InChI=1S/C9H14O2.C7H5NO3.C6H13N/c10-9(11)5-8-4-6-1-2-7(8)3-6;9-5-6-1-3-7(4-2-6)8(10)11;7-6-4-2-1-3-5-6/h6-8H,1-5H2,(H,10,11);1-5H;6H,1-5,7H2. The van der Waals surface area contributed by atoms with Crippen LogP contribution in [0.2, 0.25) is 0 Å². The SMILES string of the molecule is NC1CCCCC1.O=C(O)CC1CC2CCC1C2.O=Cc1ccc([N+](=O)[O-])cc1. The summed E-state index contributed by atoms with van der Waals surface area (Å²) < 4.78 is 0. The van der Waals surface area contributed by atoms with Gasteiger partial charge in [-0.25, -0.2) is 0 Å². The maximum absolute atomic E-state index is 10.4. The third-order valence-electron chi connectivity index (χ3n) is 6.21. The van der Waals surface area contributed by atoms with Crippen LogP contribution in [-0.2, 0) is 4.79 Å². The number of nitro groups is 1. The molecule has 4 rings (SSSR count). The molecule has 3 aliphatic carbocycles. The number of nitro benzene ring substituents is 1. The van der Waals surface area contributed by atoms with Gasteiger partial charge in [0.2, 0.25) is 0 Å². The van der Waals surface area contributed by atoms with E-state index >= 15 is 0 Å². The number of carboxylic acids is 1. The molecule has 0 aromatic heterocycles. The minimum atomic E-state index is -0.609. The van der Waals surface area contributed by atoms with Gasteiger partial charge in [-0.2, -0.15) is 0 Å². The Morgan fingerprint density at radius 1 is 1.10 bits per heavy atom. The second-order valence-electron chi connectivity index (χ2n) is 8.40. The molecule has 3 saturated carbocycles. The molecule has 1 aromatic rings. The zero-order chi connectivity index (χ0) is 21.2. The minimum Gasteiger partial charge on any atom is -0.481 e. The molecular weight excluding hydrogens is 372 g/mol. The molecule has 3 unspecified atom stereocenters. The van der Waals surface area contributed by atoms with Crippen molar-refractivity contribution in [1.29, 1.82) is 0 Å². The number of hydrogen-bond donors (Lipinski definition) is 2. The normalized spacial score (nSPS) is 25.2. The van der Waals surface area contributed by atoms with Crippen LogP contribution < -0.4 is 5.73 Å². The van der Waals surface area contributed by atoms with Gasteiger partial charge in [0.05, 0.1) is 4.92 Å². The summed E-state index contributed by atoms with van der Waals surface area (Å²) in [5, 5.41) is 18.7. The predicted octanol–water partition coefficient (Wildman–Crippen LogP) is 4.58. The van der Waals surface area contributed by atoms with Crippen LogP contribution >= 0.6 is 0 Å². The van der Waals surface area contributed by atoms with Gasteiger partial charge in [0.1, 0.15) is 6.29 Å². The summed E-state index contributed by atoms with van der Waals surface area (Å²) in [6.07, 6.45) is 12.9. The Hall–Kier alpha value is -2.28. The molecule has 2 bridgehead atoms. The van der Waals surface area contributed by atoms with Gasteiger partial charge in [-0.05, 0) is 62.0 Å². The number of hydrogen-bond acceptors (Lipinski definition) is 5. The number of carbonyl (C=O) groups is 2. The van der Waals surface area contributed by atoms with Crippen LogP contribution in [0.5, 0.6) is 0 Å². The molecule has 0 saturated heterocycles. The van der Waals surface area contributed by atoms with Crippen molar-refractivity contribution < 1.29 is 19.6 Å². The largest absolute Gasteiger partial charge is 0.481 e. The van der Waals surface area contributed by atoms with Crippen LogP contribution in [0.15, 0.2) is 24.3 Å². The van der Waals surface area contributed by atoms with Gasteiger partial charge in [0.25, 0.3) is 5.69 Å². The highest BCUT2D eigenvalue weighted by Crippen LogP contribution is 2.49. The number of nitrogens with two attached hydrogens (primary N) is 1. The highest BCUT2D eigenvalue weighted by Gasteiger charge is 2.39. The maximum Gasteiger partial charge on any atom is 0.303 e. The lowest BCUT2D eigenvalue weighted by molar-refractivity contribution is -0.384. The number of carbonyl (C=O) groups excluding carboxylic acids is 1. The molecule has 3 fully saturated rings. The molecule has 7 nitrogen and oxygen atoms in total. The molecule has 0 aliphatic heterocycles. The zero-order valence-electron chi connectivity index (χ0n) is 16.9. The maximum atomic E-state index is 10.4. The average Bonchev–Trinajstić information content (AvgIpc) is 3.32. The summed E-state index contributed by atoms with van der Waals surface area (Å²) in [6.45, 7) is 0. The summed E-state index contributed by atoms with van der Waals surface area (Å²) in [7, 11) is 0. The van der Waals surface area contributed by atoms with E-state index in [1.54, 1.807) is 0 Å². The lowest BCUT2D eigenvalue weighted by Crippen LogP contribution is -2.22. The van der Waals surface area contributed by atoms with E-state index in [0.29, 0.717) is 30.2 Å². The van der Waals surface area contributed by atoms with Crippen molar-refractivity contribution in [1.82, 2.24) is 0 Å². The Bertz CT molecular complexity index is 670. The molecule has 29 heavy (non-hydrogen) atoms. The fourth-order valence-electron chi connectivity index (χ4n) is 4.66. The fourth-order valence-corrected chi connectivity index (χ4v) is 4.66. The molecule has 0 spiro atoms. The predicted molar refractivity (Wildman–Crippen MR) is 111 cm³/mol. The molecule has 0 radical (unpaired) electrons. The summed E-state index contributed by atoms with van der Waals surface area (Å²) in [5.41, 5.74) is 6.07. The van der Waals surface area contributed by atoms with Gasteiger partial charge in [-0.15, -0.1) is 0 Å². The van der Waals surface area contributed by atoms with E-state index in [0.717, 1.165) is 11.8 Å². The van der Waals surface area contributed by atoms with Crippen LogP contribution in [-0.4, -0.2) is 28.3 Å². The number of nitrogens with zero attached hydrogens (tertiary/aromatic N) is 1. The number of fused-ring (bicyclic) bond motifs is 2. The van der Waals surface area contributed by atoms with E-state index in [9.17, 15) is 19.7 Å². The first-order valence-electron chi connectivity index (χ1n) is 10.6. The molecule has 0 heterocycles. The smallest absolute Gasteiger partial charge is 0.303 e. The highest BCUT2D eigenvalue weighted by molar-refractivity contribution is 5.75. The molecule has 1 aromatic carbocycles. The summed E-state index contributed by atoms with van der Waals surface area (Å²) in [4.78, 5) is 30.2. The van der Waals surface area contributed by atoms with Gasteiger partial charge in [-0.1, -0.05) is 25.7 Å². The Morgan fingerprint density at radius 2 is 1.76 bits per heavy atom. The number of non-ortho nitro benzene ring substituents is 1. The van der Waals surface area contributed by atoms with Gasteiger partial charge < -0.3 is 10.8 Å². The summed E-state index contributed by atoms with van der Waals surface area (Å²) in [6, 6.07) is 5.94. The molecular formula is C22H32N2O5. The van der Waals surface area contributed by atoms with Crippen molar-refractivity contribution in [2.45, 2.75) is 70.3 Å². The lowest BCUT2D eigenvalue weighted by Gasteiger charge is -2.18. The molecule has 3 atom stereocenters. The number of carboxylic acid groups (broad SMARTS) is 1. The number of aliphatic carboxylic acids is 1. The van der Waals surface area contributed by atoms with Crippen LogP contribution in [0, 0.1) is 27.9 Å². The van der Waals surface area contributed by atoms with Crippen molar-refractivity contribution in [3.63, 3.8) is 0 Å². The Morgan fingerprint density at radius 3 is 2.14 bits per heavy atom. The van der Waals surface area contributed by atoms with Crippen LogP contribution in [0.1, 0.15) is 74.6 Å². The average molecular weight is 405 g/mol. The van der Waals surface area contributed by atoms with E-state index in [-0.39, 0.29) is 5.69 Å². The topological polar surface area (TPSA) is 124 Å². The second kappa shape index (κ2) is 11.7. The number of aldehydes is 1. The number of rotatable bonds is 4. The third-order valence-corrected chi connectivity index (χ3v) is 6.21. The van der Waals surface area contributed by atoms with Gasteiger partial charge in [-0.3, -0.25) is 19.7 Å². The third kappa shape index (κ3) is 7.93. The van der Waals surface area contributed by atoms with E-state index in [4.69, 9.17) is 10.8 Å². The molecule has 3 N–H and O–H groups in total. The van der Waals surface area contributed by atoms with E-state index in [2.05, 4.69) is 0 Å². The first-order chi connectivity index (χ1) is 13.9.